The molecule has 13 nitrogen and oxygen atoms in total. The summed E-state index contributed by atoms with van der Waals surface area (Å²) in [5, 5.41) is 13.2. The molecule has 0 aliphatic heterocycles. The van der Waals surface area contributed by atoms with Gasteiger partial charge in [-0.15, -0.1) is 10.1 Å². The normalized spacial score (nSPS) is 10.9. The van der Waals surface area contributed by atoms with E-state index >= 15 is 0 Å². The van der Waals surface area contributed by atoms with Crippen LogP contribution in [0.5, 0.6) is 6.01 Å². The van der Waals surface area contributed by atoms with Crippen molar-refractivity contribution in [3.63, 3.8) is 0 Å². The summed E-state index contributed by atoms with van der Waals surface area (Å²) in [7, 11) is 0. The summed E-state index contributed by atoms with van der Waals surface area (Å²) in [5.74, 6) is -0.967. The van der Waals surface area contributed by atoms with Gasteiger partial charge in [0.25, 0.3) is 11.1 Å². The fraction of sp³-hybridized carbons (Fsp3) is 0.185. The van der Waals surface area contributed by atoms with E-state index in [4.69, 9.17) is 9.47 Å². The summed E-state index contributed by atoms with van der Waals surface area (Å²) in [6.45, 7) is 1.87. The second kappa shape index (κ2) is 11.5. The van der Waals surface area contributed by atoms with Crippen LogP contribution in [0.15, 0.2) is 76.0 Å². The molecule has 0 radical (unpaired) electrons. The van der Waals surface area contributed by atoms with E-state index in [1.54, 1.807) is 22.8 Å². The van der Waals surface area contributed by atoms with Gasteiger partial charge in [-0.3, -0.25) is 14.1 Å². The number of para-hydroxylation sites is 1. The Labute approximate surface area is 226 Å². The highest BCUT2D eigenvalue weighted by atomic mass is 17.0. The minimum atomic E-state index is -0.947. The lowest BCUT2D eigenvalue weighted by Gasteiger charge is -2.13. The van der Waals surface area contributed by atoms with Crippen LogP contribution in [0.4, 0.5) is 0 Å². The average Bonchev–Trinajstić information content (AvgIpc) is 3.54. The zero-order valence-corrected chi connectivity index (χ0v) is 21.2. The molecule has 0 unspecified atom stereocenters. The van der Waals surface area contributed by atoms with Crippen LogP contribution in [0.1, 0.15) is 22.8 Å². The first-order valence-corrected chi connectivity index (χ1v) is 12.3. The molecule has 204 valence electrons. The lowest BCUT2D eigenvalue weighted by Crippen LogP contribution is -2.14. The molecule has 0 bridgehead atoms. The van der Waals surface area contributed by atoms with Gasteiger partial charge in [0.15, 0.2) is 5.82 Å². The van der Waals surface area contributed by atoms with Crippen molar-refractivity contribution in [2.75, 3.05) is 19.8 Å². The molecule has 0 aliphatic carbocycles. The standard InChI is InChI=1S/C27H23N5O8/c1-2-37-26-28-22-9-5-8-21(25(33)38-14-15-39-32(35)36)23(22)31(26)16-17-10-12-18(13-11-17)19-6-3-4-7-20(19)24-29-27(34)40-30-24/h3-13H,2,14-16H2,1H3,(H,29,30,34). The molecule has 40 heavy (non-hydrogen) atoms. The summed E-state index contributed by atoms with van der Waals surface area (Å²) in [5.41, 5.74) is 4.65. The Bertz CT molecular complexity index is 1720. The Morgan fingerprint density at radius 3 is 2.52 bits per heavy atom. The Kier molecular flexibility index (Phi) is 7.53. The van der Waals surface area contributed by atoms with Gasteiger partial charge in [0, 0.05) is 5.56 Å². The van der Waals surface area contributed by atoms with Gasteiger partial charge >= 0.3 is 11.7 Å². The summed E-state index contributed by atoms with van der Waals surface area (Å²) in [4.78, 5) is 46.0. The number of rotatable bonds is 11. The van der Waals surface area contributed by atoms with Crippen LogP contribution in [0.3, 0.4) is 0 Å². The molecule has 5 rings (SSSR count). The lowest BCUT2D eigenvalue weighted by molar-refractivity contribution is -0.757. The molecule has 13 heteroatoms. The van der Waals surface area contributed by atoms with Crippen LogP contribution >= 0.6 is 0 Å². The van der Waals surface area contributed by atoms with Gasteiger partial charge in [-0.2, -0.15) is 4.98 Å². The third-order valence-electron chi connectivity index (χ3n) is 5.97. The third kappa shape index (κ3) is 5.53. The highest BCUT2D eigenvalue weighted by Crippen LogP contribution is 2.31. The number of H-pyrrole nitrogens is 1. The van der Waals surface area contributed by atoms with E-state index in [1.807, 2.05) is 55.5 Å². The molecule has 0 spiro atoms. The van der Waals surface area contributed by atoms with Crippen LogP contribution in [0.25, 0.3) is 33.5 Å². The highest BCUT2D eigenvalue weighted by Gasteiger charge is 2.20. The zero-order chi connectivity index (χ0) is 28.1. The minimum Gasteiger partial charge on any atom is -0.465 e. The molecule has 0 amide bonds. The number of esters is 1. The van der Waals surface area contributed by atoms with E-state index < -0.39 is 16.8 Å². The SMILES string of the molecule is CCOc1nc2cccc(C(=O)OCCO[N+](=O)[O-])c2n1Cc1ccc(-c2ccccc2-c2noc(=O)[nH]2)cc1. The van der Waals surface area contributed by atoms with Crippen molar-refractivity contribution in [2.45, 2.75) is 13.5 Å². The number of nitrogens with zero attached hydrogens (tertiary/aromatic N) is 4. The van der Waals surface area contributed by atoms with Gasteiger partial charge in [-0.25, -0.2) is 9.59 Å². The number of imidazole rings is 1. The molecule has 2 aromatic heterocycles. The molecular weight excluding hydrogens is 522 g/mol. The number of nitrogens with one attached hydrogen (secondary N) is 1. The molecule has 2 heterocycles. The fourth-order valence-electron chi connectivity index (χ4n) is 4.30. The minimum absolute atomic E-state index is 0.240. The van der Waals surface area contributed by atoms with Crippen LogP contribution in [-0.4, -0.2) is 50.6 Å². The number of hydrogen-bond acceptors (Lipinski definition) is 10. The number of aromatic nitrogens is 4. The maximum absolute atomic E-state index is 12.9. The second-order valence-corrected chi connectivity index (χ2v) is 8.47. The molecule has 0 saturated heterocycles. The first-order chi connectivity index (χ1) is 19.4. The third-order valence-corrected chi connectivity index (χ3v) is 5.97. The number of carbonyl (C=O) groups is 1. The number of aromatic amines is 1. The zero-order valence-electron chi connectivity index (χ0n) is 21.2. The van der Waals surface area contributed by atoms with Crippen molar-refractivity contribution < 1.29 is 28.7 Å². The summed E-state index contributed by atoms with van der Waals surface area (Å²) < 4.78 is 17.4. The van der Waals surface area contributed by atoms with Crippen molar-refractivity contribution >= 4 is 17.0 Å². The Morgan fingerprint density at radius 2 is 1.82 bits per heavy atom. The molecule has 0 fully saturated rings. The predicted molar refractivity (Wildman–Crippen MR) is 141 cm³/mol. The average molecular weight is 546 g/mol. The van der Waals surface area contributed by atoms with Crippen molar-refractivity contribution in [3.05, 3.63) is 98.5 Å². The van der Waals surface area contributed by atoms with E-state index in [-0.39, 0.29) is 18.8 Å². The summed E-state index contributed by atoms with van der Waals surface area (Å²) in [6.07, 6.45) is 0. The second-order valence-electron chi connectivity index (χ2n) is 8.47. The van der Waals surface area contributed by atoms with Gasteiger partial charge in [-0.1, -0.05) is 59.8 Å². The molecule has 0 aliphatic rings. The molecule has 0 saturated carbocycles. The van der Waals surface area contributed by atoms with Gasteiger partial charge in [0.2, 0.25) is 0 Å². The van der Waals surface area contributed by atoms with E-state index in [1.165, 1.54) is 0 Å². The molecule has 0 atom stereocenters. The first-order valence-electron chi connectivity index (χ1n) is 12.3. The van der Waals surface area contributed by atoms with Crippen LogP contribution < -0.4 is 10.5 Å². The van der Waals surface area contributed by atoms with Gasteiger partial charge < -0.3 is 14.3 Å². The van der Waals surface area contributed by atoms with Crippen molar-refractivity contribution in [1.82, 2.24) is 19.7 Å². The largest absolute Gasteiger partial charge is 0.465 e. The van der Waals surface area contributed by atoms with Crippen molar-refractivity contribution in [1.29, 1.82) is 0 Å². The molecular formula is C27H23N5O8. The predicted octanol–water partition coefficient (Wildman–Crippen LogP) is 3.86. The van der Waals surface area contributed by atoms with E-state index in [0.29, 0.717) is 41.6 Å². The number of hydrogen-bond donors (Lipinski definition) is 1. The van der Waals surface area contributed by atoms with E-state index in [9.17, 15) is 19.7 Å². The maximum Gasteiger partial charge on any atom is 0.439 e. The Morgan fingerprint density at radius 1 is 1.05 bits per heavy atom. The highest BCUT2D eigenvalue weighted by molar-refractivity contribution is 6.02. The summed E-state index contributed by atoms with van der Waals surface area (Å²) in [6, 6.07) is 20.6. The lowest BCUT2D eigenvalue weighted by atomic mass is 9.98. The quantitative estimate of drug-likeness (QED) is 0.111. The molecule has 3 aromatic carbocycles. The smallest absolute Gasteiger partial charge is 0.439 e. The van der Waals surface area contributed by atoms with E-state index in [2.05, 4.69) is 24.5 Å². The number of benzene rings is 3. The van der Waals surface area contributed by atoms with Crippen LogP contribution in [-0.2, 0) is 16.1 Å². The van der Waals surface area contributed by atoms with Crippen LogP contribution in [0.2, 0.25) is 0 Å². The van der Waals surface area contributed by atoms with Gasteiger partial charge in [-0.05, 0) is 35.7 Å². The van der Waals surface area contributed by atoms with Crippen molar-refractivity contribution in [2.24, 2.45) is 0 Å². The van der Waals surface area contributed by atoms with E-state index in [0.717, 1.165) is 16.7 Å². The first kappa shape index (κ1) is 26.2. The van der Waals surface area contributed by atoms with Crippen LogP contribution in [0, 0.1) is 10.1 Å². The molecule has 5 aromatic rings. The topological polar surface area (TPSA) is 165 Å². The Hall–Kier alpha value is -5.46. The monoisotopic (exact) mass is 545 g/mol. The Balaban J connectivity index is 1.45. The summed E-state index contributed by atoms with van der Waals surface area (Å²) >= 11 is 0. The fourth-order valence-corrected chi connectivity index (χ4v) is 4.30. The van der Waals surface area contributed by atoms with Gasteiger partial charge in [0.05, 0.1) is 29.7 Å². The maximum atomic E-state index is 12.9. The van der Waals surface area contributed by atoms with Crippen molar-refractivity contribution in [3.8, 4) is 28.5 Å². The molecule has 1 N–H and O–H groups in total. The number of fused-ring (bicyclic) bond motifs is 1. The number of carbonyl (C=O) groups excluding carboxylic acids is 1. The van der Waals surface area contributed by atoms with Gasteiger partial charge in [0.1, 0.15) is 13.2 Å². The number of ether oxygens (including phenoxy) is 2.